The Morgan fingerprint density at radius 1 is 1.45 bits per heavy atom. The number of halogens is 1. The van der Waals surface area contributed by atoms with Crippen molar-refractivity contribution in [2.45, 2.75) is 11.3 Å². The monoisotopic (exact) mass is 295 g/mol. The van der Waals surface area contributed by atoms with Crippen molar-refractivity contribution in [3.05, 3.63) is 41.2 Å². The summed E-state index contributed by atoms with van der Waals surface area (Å²) in [7, 11) is -3.90. The van der Waals surface area contributed by atoms with Gasteiger partial charge in [0.15, 0.2) is 0 Å². The summed E-state index contributed by atoms with van der Waals surface area (Å²) in [5, 5.41) is 12.0. The van der Waals surface area contributed by atoms with Crippen molar-refractivity contribution in [3.8, 4) is 6.07 Å². The Balaban J connectivity index is 2.21. The molecule has 0 bridgehead atoms. The minimum atomic E-state index is -3.90. The van der Waals surface area contributed by atoms with Crippen LogP contribution in [0.1, 0.15) is 12.0 Å². The number of sulfonamides is 1. The van der Waals surface area contributed by atoms with Crippen LogP contribution in [-0.4, -0.2) is 28.1 Å². The van der Waals surface area contributed by atoms with E-state index in [0.29, 0.717) is 6.54 Å². The Morgan fingerprint density at radius 2 is 2.25 bits per heavy atom. The molecule has 1 aliphatic heterocycles. The smallest absolute Gasteiger partial charge is 0.242 e. The van der Waals surface area contributed by atoms with Gasteiger partial charge in [0, 0.05) is 13.1 Å². The van der Waals surface area contributed by atoms with Crippen LogP contribution in [0.3, 0.4) is 0 Å². The molecule has 20 heavy (non-hydrogen) atoms. The van der Waals surface area contributed by atoms with E-state index in [2.05, 4.69) is 10.0 Å². The highest BCUT2D eigenvalue weighted by Crippen LogP contribution is 2.18. The van der Waals surface area contributed by atoms with Crippen LogP contribution in [0, 0.1) is 17.1 Å². The maximum Gasteiger partial charge on any atom is 0.242 e. The van der Waals surface area contributed by atoms with E-state index in [1.54, 1.807) is 6.07 Å². The molecular weight excluding hydrogens is 281 g/mol. The number of nitrogens with one attached hydrogen (secondary N) is 2. The molecule has 106 valence electrons. The highest BCUT2D eigenvalue weighted by molar-refractivity contribution is 7.89. The van der Waals surface area contributed by atoms with Gasteiger partial charge in [0.05, 0.1) is 0 Å². The van der Waals surface area contributed by atoms with Crippen molar-refractivity contribution in [3.63, 3.8) is 0 Å². The van der Waals surface area contributed by atoms with Gasteiger partial charge in [-0.05, 0) is 25.1 Å². The second-order valence-corrected chi connectivity index (χ2v) is 6.10. The second-order valence-electron chi connectivity index (χ2n) is 4.37. The van der Waals surface area contributed by atoms with E-state index in [0.717, 1.165) is 24.6 Å². The molecule has 0 saturated heterocycles. The molecule has 0 atom stereocenters. The summed E-state index contributed by atoms with van der Waals surface area (Å²) >= 11 is 0. The first-order valence-corrected chi connectivity index (χ1v) is 7.60. The summed E-state index contributed by atoms with van der Waals surface area (Å²) in [5.74, 6) is -0.837. The largest absolute Gasteiger partial charge is 0.313 e. The second kappa shape index (κ2) is 6.13. The molecular formula is C13H14FN3O2S. The fourth-order valence-corrected chi connectivity index (χ4v) is 3.13. The third-order valence-electron chi connectivity index (χ3n) is 3.02. The van der Waals surface area contributed by atoms with E-state index in [4.69, 9.17) is 5.26 Å². The molecule has 0 fully saturated rings. The average molecular weight is 295 g/mol. The zero-order valence-corrected chi connectivity index (χ0v) is 11.5. The number of nitriles is 1. The van der Waals surface area contributed by atoms with E-state index in [9.17, 15) is 12.8 Å². The quantitative estimate of drug-likeness (QED) is 0.808. The van der Waals surface area contributed by atoms with Crippen molar-refractivity contribution < 1.29 is 12.8 Å². The molecule has 0 radical (unpaired) electrons. The Kier molecular flexibility index (Phi) is 4.49. The highest BCUT2D eigenvalue weighted by atomic mass is 32.2. The van der Waals surface area contributed by atoms with Crippen LogP contribution in [-0.2, 0) is 10.0 Å². The van der Waals surface area contributed by atoms with Crippen molar-refractivity contribution in [1.82, 2.24) is 10.0 Å². The molecule has 2 rings (SSSR count). The summed E-state index contributed by atoms with van der Waals surface area (Å²) in [6, 6.07) is 5.15. The van der Waals surface area contributed by atoms with E-state index >= 15 is 0 Å². The van der Waals surface area contributed by atoms with E-state index in [-0.39, 0.29) is 11.4 Å². The normalized spacial score (nSPS) is 15.5. The standard InChI is InChI=1S/C13H14FN3O2S/c14-12-2-1-3-13(11(12)8-15)20(18,19)17-9-10-4-6-16-7-5-10/h1-4,16-17H,5-7,9H2. The summed E-state index contributed by atoms with van der Waals surface area (Å²) in [5.41, 5.74) is 0.515. The van der Waals surface area contributed by atoms with Crippen LogP contribution in [0.15, 0.2) is 34.7 Å². The van der Waals surface area contributed by atoms with Gasteiger partial charge in [-0.2, -0.15) is 5.26 Å². The SMILES string of the molecule is N#Cc1c(F)cccc1S(=O)(=O)NCC1=CCNCC1. The molecule has 1 aliphatic rings. The van der Waals surface area contributed by atoms with Crippen molar-refractivity contribution in [1.29, 1.82) is 5.26 Å². The molecule has 1 heterocycles. The molecule has 0 unspecified atom stereocenters. The molecule has 7 heteroatoms. The van der Waals surface area contributed by atoms with Gasteiger partial charge >= 0.3 is 0 Å². The summed E-state index contributed by atoms with van der Waals surface area (Å²) in [4.78, 5) is -0.325. The Hall–Kier alpha value is -1.75. The lowest BCUT2D eigenvalue weighted by Gasteiger charge is -2.15. The van der Waals surface area contributed by atoms with E-state index in [1.165, 1.54) is 12.1 Å². The summed E-state index contributed by atoms with van der Waals surface area (Å²) in [6.07, 6.45) is 2.68. The minimum Gasteiger partial charge on any atom is -0.313 e. The first-order valence-electron chi connectivity index (χ1n) is 6.11. The van der Waals surface area contributed by atoms with Gasteiger partial charge in [-0.15, -0.1) is 0 Å². The first kappa shape index (κ1) is 14.7. The van der Waals surface area contributed by atoms with Gasteiger partial charge in [-0.1, -0.05) is 17.7 Å². The Morgan fingerprint density at radius 3 is 2.90 bits per heavy atom. The minimum absolute atomic E-state index is 0.172. The van der Waals surface area contributed by atoms with Crippen molar-refractivity contribution in [2.24, 2.45) is 0 Å². The zero-order chi connectivity index (χ0) is 14.6. The molecule has 0 aromatic heterocycles. The third-order valence-corrected chi connectivity index (χ3v) is 4.47. The van der Waals surface area contributed by atoms with Crippen LogP contribution < -0.4 is 10.0 Å². The molecule has 0 aliphatic carbocycles. The zero-order valence-electron chi connectivity index (χ0n) is 10.7. The van der Waals surface area contributed by atoms with Gasteiger partial charge in [0.1, 0.15) is 22.3 Å². The van der Waals surface area contributed by atoms with Crippen LogP contribution in [0.2, 0.25) is 0 Å². The summed E-state index contributed by atoms with van der Waals surface area (Å²) in [6.45, 7) is 1.68. The number of hydrogen-bond acceptors (Lipinski definition) is 4. The molecule has 1 aromatic carbocycles. The number of nitrogens with zero attached hydrogens (tertiary/aromatic N) is 1. The molecule has 0 spiro atoms. The Bertz CT molecular complexity index is 677. The van der Waals surface area contributed by atoms with E-state index < -0.39 is 21.4 Å². The van der Waals surface area contributed by atoms with Gasteiger partial charge in [-0.25, -0.2) is 17.5 Å². The lowest BCUT2D eigenvalue weighted by Crippen LogP contribution is -2.30. The fourth-order valence-electron chi connectivity index (χ4n) is 1.93. The predicted molar refractivity (Wildman–Crippen MR) is 71.9 cm³/mol. The molecule has 0 saturated carbocycles. The van der Waals surface area contributed by atoms with Crippen molar-refractivity contribution in [2.75, 3.05) is 19.6 Å². The fraction of sp³-hybridized carbons (Fsp3) is 0.308. The highest BCUT2D eigenvalue weighted by Gasteiger charge is 2.21. The van der Waals surface area contributed by atoms with Crippen LogP contribution in [0.4, 0.5) is 4.39 Å². The number of benzene rings is 1. The van der Waals surface area contributed by atoms with Gasteiger partial charge in [0.25, 0.3) is 0 Å². The maximum absolute atomic E-state index is 13.4. The first-order chi connectivity index (χ1) is 9.54. The van der Waals surface area contributed by atoms with Gasteiger partial charge < -0.3 is 5.32 Å². The third kappa shape index (κ3) is 3.22. The lowest BCUT2D eigenvalue weighted by atomic mass is 10.1. The Labute approximate surface area is 117 Å². The van der Waals surface area contributed by atoms with Crippen LogP contribution in [0.5, 0.6) is 0 Å². The molecule has 0 amide bonds. The molecule has 5 nitrogen and oxygen atoms in total. The van der Waals surface area contributed by atoms with E-state index in [1.807, 2.05) is 6.08 Å². The average Bonchev–Trinajstić information content (AvgIpc) is 2.46. The maximum atomic E-state index is 13.4. The van der Waals surface area contributed by atoms with Crippen LogP contribution in [0.25, 0.3) is 0 Å². The number of rotatable bonds is 4. The number of hydrogen-bond donors (Lipinski definition) is 2. The summed E-state index contributed by atoms with van der Waals surface area (Å²) < 4.78 is 40.1. The molecule has 1 aromatic rings. The van der Waals surface area contributed by atoms with Gasteiger partial charge in [-0.3, -0.25) is 0 Å². The van der Waals surface area contributed by atoms with Crippen molar-refractivity contribution >= 4 is 10.0 Å². The topological polar surface area (TPSA) is 82.0 Å². The lowest BCUT2D eigenvalue weighted by molar-refractivity contribution is 0.577. The van der Waals surface area contributed by atoms with Gasteiger partial charge in [0.2, 0.25) is 10.0 Å². The predicted octanol–water partition coefficient (Wildman–Crippen LogP) is 0.895. The van der Waals surface area contributed by atoms with Crippen LogP contribution >= 0.6 is 0 Å². The molecule has 2 N–H and O–H groups in total.